The van der Waals surface area contributed by atoms with E-state index in [4.69, 9.17) is 12.2 Å². The minimum absolute atomic E-state index is 0.0487. The molecular weight excluding hydrogens is 435 g/mol. The summed E-state index contributed by atoms with van der Waals surface area (Å²) < 4.78 is 41.4. The van der Waals surface area contributed by atoms with Crippen molar-refractivity contribution in [1.29, 1.82) is 0 Å². The highest BCUT2D eigenvalue weighted by Crippen LogP contribution is 2.45. The minimum atomic E-state index is -5.31. The molecule has 29 heavy (non-hydrogen) atoms. The van der Waals surface area contributed by atoms with Gasteiger partial charge in [0, 0.05) is 6.07 Å². The minimum Gasteiger partial charge on any atom is -0.502 e. The number of nitrogens with one attached hydrogen (secondary N) is 2. The van der Waals surface area contributed by atoms with E-state index in [1.807, 2.05) is 0 Å². The number of ketones is 1. The number of phenolic OH excluding ortho intramolecular Hbond substituents is 1. The summed E-state index contributed by atoms with van der Waals surface area (Å²) in [5, 5.41) is 36.3. The van der Waals surface area contributed by atoms with Crippen LogP contribution in [0.4, 0.5) is 18.9 Å². The van der Waals surface area contributed by atoms with Crippen molar-refractivity contribution in [2.45, 2.75) is 17.9 Å². The van der Waals surface area contributed by atoms with Gasteiger partial charge in [0.2, 0.25) is 5.72 Å². The monoisotopic (exact) mass is 447 g/mol. The van der Waals surface area contributed by atoms with E-state index in [9.17, 15) is 38.3 Å². The number of aromatic hydroxyl groups is 1. The molecule has 0 saturated carbocycles. The van der Waals surface area contributed by atoms with E-state index in [0.717, 1.165) is 29.5 Å². The van der Waals surface area contributed by atoms with Crippen molar-refractivity contribution < 1.29 is 33.1 Å². The topological polar surface area (TPSA) is 125 Å². The molecule has 0 radical (unpaired) electrons. The number of aliphatic hydroxyl groups is 1. The maximum atomic E-state index is 13.8. The van der Waals surface area contributed by atoms with Crippen LogP contribution >= 0.6 is 23.6 Å². The van der Waals surface area contributed by atoms with Gasteiger partial charge in [0.25, 0.3) is 0 Å². The van der Waals surface area contributed by atoms with Crippen molar-refractivity contribution in [3.05, 3.63) is 56.3 Å². The third-order valence-electron chi connectivity index (χ3n) is 4.41. The zero-order valence-electron chi connectivity index (χ0n) is 14.1. The molecule has 1 saturated heterocycles. The average molecular weight is 447 g/mol. The van der Waals surface area contributed by atoms with Gasteiger partial charge in [-0.25, -0.2) is 0 Å². The molecule has 1 aromatic heterocycles. The molecule has 13 heteroatoms. The van der Waals surface area contributed by atoms with Gasteiger partial charge < -0.3 is 20.8 Å². The first-order valence-electron chi connectivity index (χ1n) is 7.88. The molecule has 2 heterocycles. The summed E-state index contributed by atoms with van der Waals surface area (Å²) in [5.41, 5.74) is -4.64. The average Bonchev–Trinajstić information content (AvgIpc) is 3.14. The van der Waals surface area contributed by atoms with E-state index >= 15 is 0 Å². The first-order chi connectivity index (χ1) is 13.5. The fourth-order valence-electron chi connectivity index (χ4n) is 3.07. The molecule has 1 aliphatic heterocycles. The number of alkyl halides is 3. The Bertz CT molecular complexity index is 983. The first kappa shape index (κ1) is 21.0. The van der Waals surface area contributed by atoms with Gasteiger partial charge in [-0.05, 0) is 35.3 Å². The summed E-state index contributed by atoms with van der Waals surface area (Å²) in [6, 6.07) is 4.04. The Hall–Kier alpha value is -2.77. The lowest BCUT2D eigenvalue weighted by Crippen LogP contribution is -2.72. The van der Waals surface area contributed by atoms with Crippen LogP contribution in [-0.4, -0.2) is 37.9 Å². The Balaban J connectivity index is 2.19. The summed E-state index contributed by atoms with van der Waals surface area (Å²) in [7, 11) is 0. The number of carbonyl (C=O) groups is 1. The molecule has 1 fully saturated rings. The SMILES string of the molecule is O=C(c1cccs1)[C@@H]1[C@H](c2ccc(O)c([N+](=O)[O-])c2)NC(=S)N[C@@]1(O)C(F)(F)F. The van der Waals surface area contributed by atoms with Crippen molar-refractivity contribution >= 4 is 40.1 Å². The fraction of sp³-hybridized carbons (Fsp3) is 0.250. The Morgan fingerprint density at radius 3 is 2.59 bits per heavy atom. The molecule has 0 spiro atoms. The predicted molar refractivity (Wildman–Crippen MR) is 99.5 cm³/mol. The lowest BCUT2D eigenvalue weighted by molar-refractivity contribution is -0.386. The van der Waals surface area contributed by atoms with E-state index in [1.165, 1.54) is 17.5 Å². The number of hydrogen-bond donors (Lipinski definition) is 4. The van der Waals surface area contributed by atoms with Gasteiger partial charge in [0.1, 0.15) is 5.92 Å². The van der Waals surface area contributed by atoms with Crippen LogP contribution < -0.4 is 10.6 Å². The van der Waals surface area contributed by atoms with Gasteiger partial charge in [-0.3, -0.25) is 14.9 Å². The Kier molecular flexibility index (Phi) is 5.23. The predicted octanol–water partition coefficient (Wildman–Crippen LogP) is 2.63. The van der Waals surface area contributed by atoms with Crippen LogP contribution in [-0.2, 0) is 0 Å². The second-order valence-electron chi connectivity index (χ2n) is 6.16. The molecule has 3 atom stereocenters. The van der Waals surface area contributed by atoms with Gasteiger partial charge >= 0.3 is 11.9 Å². The number of hydrogen-bond acceptors (Lipinski definition) is 7. The van der Waals surface area contributed by atoms with Crippen molar-refractivity contribution in [3.8, 4) is 5.75 Å². The van der Waals surface area contributed by atoms with Gasteiger partial charge in [-0.2, -0.15) is 13.2 Å². The van der Waals surface area contributed by atoms with Crippen LogP contribution in [0.3, 0.4) is 0 Å². The summed E-state index contributed by atoms with van der Waals surface area (Å²) in [4.78, 5) is 23.1. The third kappa shape index (κ3) is 3.63. The maximum Gasteiger partial charge on any atom is 0.437 e. The largest absolute Gasteiger partial charge is 0.502 e. The van der Waals surface area contributed by atoms with Gasteiger partial charge in [-0.15, -0.1) is 11.3 Å². The third-order valence-corrected chi connectivity index (χ3v) is 5.51. The van der Waals surface area contributed by atoms with Crippen LogP contribution in [0.2, 0.25) is 0 Å². The van der Waals surface area contributed by atoms with Crippen LogP contribution in [0, 0.1) is 16.0 Å². The highest BCUT2D eigenvalue weighted by atomic mass is 32.1. The number of nitro groups is 1. The highest BCUT2D eigenvalue weighted by molar-refractivity contribution is 7.80. The molecule has 0 bridgehead atoms. The first-order valence-corrected chi connectivity index (χ1v) is 9.17. The molecule has 3 rings (SSSR count). The highest BCUT2D eigenvalue weighted by Gasteiger charge is 2.66. The smallest absolute Gasteiger partial charge is 0.437 e. The molecule has 154 valence electrons. The number of carbonyl (C=O) groups excluding carboxylic acids is 1. The van der Waals surface area contributed by atoms with Gasteiger partial charge in [-0.1, -0.05) is 12.1 Å². The zero-order valence-corrected chi connectivity index (χ0v) is 15.8. The van der Waals surface area contributed by atoms with Crippen LogP contribution in [0.25, 0.3) is 0 Å². The molecule has 8 nitrogen and oxygen atoms in total. The summed E-state index contributed by atoms with van der Waals surface area (Å²) >= 11 is 5.66. The van der Waals surface area contributed by atoms with Gasteiger partial charge in [0.15, 0.2) is 16.6 Å². The van der Waals surface area contributed by atoms with Crippen LogP contribution in [0.1, 0.15) is 21.3 Å². The van der Waals surface area contributed by atoms with E-state index < -0.39 is 51.1 Å². The van der Waals surface area contributed by atoms with Gasteiger partial charge in [0.05, 0.1) is 15.8 Å². The van der Waals surface area contributed by atoms with Crippen molar-refractivity contribution in [2.75, 3.05) is 0 Å². The Morgan fingerprint density at radius 2 is 2.03 bits per heavy atom. The second-order valence-corrected chi connectivity index (χ2v) is 7.52. The number of thiophene rings is 1. The maximum absolute atomic E-state index is 13.8. The van der Waals surface area contributed by atoms with Crippen molar-refractivity contribution in [3.63, 3.8) is 0 Å². The molecule has 2 aromatic rings. The number of thiocarbonyl (C=S) groups is 1. The van der Waals surface area contributed by atoms with E-state index in [-0.39, 0.29) is 10.4 Å². The van der Waals surface area contributed by atoms with Crippen LogP contribution in [0.15, 0.2) is 35.7 Å². The molecule has 1 aliphatic rings. The lowest BCUT2D eigenvalue weighted by atomic mass is 9.78. The molecule has 0 unspecified atom stereocenters. The number of benzene rings is 1. The number of rotatable bonds is 4. The molecule has 4 N–H and O–H groups in total. The summed E-state index contributed by atoms with van der Waals surface area (Å²) in [6.07, 6.45) is -5.31. The second kappa shape index (κ2) is 7.24. The number of halogens is 3. The lowest BCUT2D eigenvalue weighted by Gasteiger charge is -2.46. The Labute approximate surface area is 170 Å². The quantitative estimate of drug-likeness (QED) is 0.244. The van der Waals surface area contributed by atoms with Crippen molar-refractivity contribution in [2.24, 2.45) is 5.92 Å². The Morgan fingerprint density at radius 1 is 1.34 bits per heavy atom. The van der Waals surface area contributed by atoms with Crippen LogP contribution in [0.5, 0.6) is 5.75 Å². The standard InChI is InChI=1S/C16H12F3N3O5S2/c17-16(18,19)15(25)11(13(24)10-2-1-5-29-10)12(20-14(28)21-15)7-3-4-9(23)8(6-7)22(26)27/h1-6,11-12,23,25H,(H2,20,21,28)/t11-,12-,15-/m0/s1. The molecule has 1 aromatic carbocycles. The number of phenols is 1. The fourth-order valence-corrected chi connectivity index (χ4v) is 4.06. The number of nitro benzene ring substituents is 1. The zero-order chi connectivity index (χ0) is 21.6. The molecular formula is C16H12F3N3O5S2. The number of nitrogens with zero attached hydrogens (tertiary/aromatic N) is 1. The normalized spacial score (nSPS) is 24.5. The molecule has 0 aliphatic carbocycles. The van der Waals surface area contributed by atoms with Crippen molar-refractivity contribution in [1.82, 2.24) is 10.6 Å². The van der Waals surface area contributed by atoms with E-state index in [0.29, 0.717) is 0 Å². The summed E-state index contributed by atoms with van der Waals surface area (Å²) in [5.74, 6) is -3.91. The van der Waals surface area contributed by atoms with E-state index in [1.54, 1.807) is 5.32 Å². The summed E-state index contributed by atoms with van der Waals surface area (Å²) in [6.45, 7) is 0. The van der Waals surface area contributed by atoms with E-state index in [2.05, 4.69) is 5.32 Å². The molecule has 0 amide bonds. The number of Topliss-reactive ketones (excluding diaryl/α,β-unsaturated/α-hetero) is 1.